The van der Waals surface area contributed by atoms with Crippen molar-refractivity contribution in [3.8, 4) is 0 Å². The Morgan fingerprint density at radius 1 is 1.40 bits per heavy atom. The van der Waals surface area contributed by atoms with Gasteiger partial charge in [-0.3, -0.25) is 14.6 Å². The number of hydrogen-bond acceptors (Lipinski definition) is 4. The van der Waals surface area contributed by atoms with Crippen LogP contribution in [-0.4, -0.2) is 53.2 Å². The molecule has 1 N–H and O–H groups in total. The summed E-state index contributed by atoms with van der Waals surface area (Å²) in [5.41, 5.74) is 1.05. The van der Waals surface area contributed by atoms with E-state index in [2.05, 4.69) is 4.98 Å². The van der Waals surface area contributed by atoms with Crippen molar-refractivity contribution >= 4 is 11.9 Å². The van der Waals surface area contributed by atoms with Gasteiger partial charge in [-0.2, -0.15) is 0 Å². The molecular weight excluding hydrogens is 260 g/mol. The van der Waals surface area contributed by atoms with Gasteiger partial charge in [-0.1, -0.05) is 0 Å². The third-order valence-electron chi connectivity index (χ3n) is 3.34. The van der Waals surface area contributed by atoms with Crippen molar-refractivity contribution in [3.05, 3.63) is 30.1 Å². The molecule has 0 radical (unpaired) electrons. The Balaban J connectivity index is 1.89. The highest BCUT2D eigenvalue weighted by Gasteiger charge is 2.26. The number of carbonyl (C=O) groups excluding carboxylic acids is 1. The monoisotopic (exact) mass is 278 g/mol. The minimum Gasteiger partial charge on any atom is -0.481 e. The lowest BCUT2D eigenvalue weighted by molar-refractivity contribution is -0.144. The predicted octanol–water partition coefficient (Wildman–Crippen LogP) is 0.574. The largest absolute Gasteiger partial charge is 0.481 e. The predicted molar refractivity (Wildman–Crippen MR) is 71.1 cm³/mol. The summed E-state index contributed by atoms with van der Waals surface area (Å²) in [5, 5.41) is 9.05. The fraction of sp³-hybridized carbons (Fsp3) is 0.500. The van der Waals surface area contributed by atoms with Gasteiger partial charge in [0, 0.05) is 31.9 Å². The second-order valence-electron chi connectivity index (χ2n) is 4.81. The lowest BCUT2D eigenvalue weighted by atomic mass is 10.1. The smallest absolute Gasteiger partial charge is 0.310 e. The molecule has 0 saturated carbocycles. The standard InChI is InChI=1S/C14H18N2O4/c17-13(2-1-11-3-5-15-6-4-11)16-7-8-20-10-12(9-16)14(18)19/h3-6,12H,1-2,7-10H2,(H,18,19). The molecule has 1 amide bonds. The molecule has 1 aliphatic rings. The molecule has 6 nitrogen and oxygen atoms in total. The fourth-order valence-corrected chi connectivity index (χ4v) is 2.15. The number of aliphatic carboxylic acids is 1. The Kier molecular flexibility index (Phi) is 5.06. The number of hydrogen-bond donors (Lipinski definition) is 1. The minimum atomic E-state index is -0.918. The highest BCUT2D eigenvalue weighted by Crippen LogP contribution is 2.10. The Morgan fingerprint density at radius 3 is 2.85 bits per heavy atom. The fourth-order valence-electron chi connectivity index (χ4n) is 2.15. The Hall–Kier alpha value is -1.95. The van der Waals surface area contributed by atoms with Gasteiger partial charge < -0.3 is 14.7 Å². The third-order valence-corrected chi connectivity index (χ3v) is 3.34. The van der Waals surface area contributed by atoms with E-state index in [1.807, 2.05) is 12.1 Å². The lowest BCUT2D eigenvalue weighted by Crippen LogP contribution is -2.38. The van der Waals surface area contributed by atoms with Gasteiger partial charge in [0.25, 0.3) is 0 Å². The van der Waals surface area contributed by atoms with E-state index in [9.17, 15) is 9.59 Å². The summed E-state index contributed by atoms with van der Waals surface area (Å²) < 4.78 is 5.23. The number of aryl methyl sites for hydroxylation is 1. The summed E-state index contributed by atoms with van der Waals surface area (Å²) in [6.07, 6.45) is 4.40. The number of amides is 1. The molecule has 0 aliphatic carbocycles. The number of ether oxygens (including phenoxy) is 1. The topological polar surface area (TPSA) is 79.7 Å². The van der Waals surface area contributed by atoms with Crippen molar-refractivity contribution in [1.82, 2.24) is 9.88 Å². The van der Waals surface area contributed by atoms with Gasteiger partial charge in [-0.25, -0.2) is 0 Å². The van der Waals surface area contributed by atoms with E-state index in [0.29, 0.717) is 26.0 Å². The summed E-state index contributed by atoms with van der Waals surface area (Å²) in [4.78, 5) is 28.7. The van der Waals surface area contributed by atoms with Crippen molar-refractivity contribution in [3.63, 3.8) is 0 Å². The first-order chi connectivity index (χ1) is 9.66. The van der Waals surface area contributed by atoms with Gasteiger partial charge >= 0.3 is 5.97 Å². The molecule has 1 aromatic rings. The summed E-state index contributed by atoms with van der Waals surface area (Å²) in [6, 6.07) is 3.75. The van der Waals surface area contributed by atoms with Crippen LogP contribution >= 0.6 is 0 Å². The number of carboxylic acids is 1. The van der Waals surface area contributed by atoms with E-state index >= 15 is 0 Å². The first-order valence-corrected chi connectivity index (χ1v) is 6.64. The van der Waals surface area contributed by atoms with Crippen LogP contribution in [-0.2, 0) is 20.7 Å². The van der Waals surface area contributed by atoms with Gasteiger partial charge in [-0.05, 0) is 24.1 Å². The van der Waals surface area contributed by atoms with Gasteiger partial charge in [0.15, 0.2) is 0 Å². The first-order valence-electron chi connectivity index (χ1n) is 6.64. The SMILES string of the molecule is O=C(O)C1COCCN(C(=O)CCc2ccncc2)C1. The first kappa shape index (κ1) is 14.5. The quantitative estimate of drug-likeness (QED) is 0.871. The number of rotatable bonds is 4. The highest BCUT2D eigenvalue weighted by molar-refractivity contribution is 5.78. The van der Waals surface area contributed by atoms with E-state index in [-0.39, 0.29) is 19.1 Å². The molecule has 20 heavy (non-hydrogen) atoms. The second kappa shape index (κ2) is 7.00. The lowest BCUT2D eigenvalue weighted by Gasteiger charge is -2.21. The molecule has 0 spiro atoms. The van der Waals surface area contributed by atoms with Crippen molar-refractivity contribution in [2.75, 3.05) is 26.3 Å². The van der Waals surface area contributed by atoms with Crippen LogP contribution in [0, 0.1) is 5.92 Å². The van der Waals surface area contributed by atoms with Gasteiger partial charge in [-0.15, -0.1) is 0 Å². The number of pyridine rings is 1. The molecule has 1 aromatic heterocycles. The molecule has 0 aromatic carbocycles. The zero-order valence-electron chi connectivity index (χ0n) is 11.2. The van der Waals surface area contributed by atoms with Crippen LogP contribution in [0.5, 0.6) is 0 Å². The normalized spacial score (nSPS) is 19.4. The Bertz CT molecular complexity index is 464. The molecular formula is C14H18N2O4. The molecule has 1 unspecified atom stereocenters. The maximum Gasteiger partial charge on any atom is 0.310 e. The number of aromatic nitrogens is 1. The van der Waals surface area contributed by atoms with Crippen LogP contribution < -0.4 is 0 Å². The molecule has 6 heteroatoms. The van der Waals surface area contributed by atoms with Crippen LogP contribution in [0.2, 0.25) is 0 Å². The van der Waals surface area contributed by atoms with Crippen molar-refractivity contribution in [2.24, 2.45) is 5.92 Å². The average molecular weight is 278 g/mol. The van der Waals surface area contributed by atoms with Crippen LogP contribution in [0.4, 0.5) is 0 Å². The average Bonchev–Trinajstić information content (AvgIpc) is 2.72. The van der Waals surface area contributed by atoms with E-state index < -0.39 is 11.9 Å². The van der Waals surface area contributed by atoms with E-state index in [4.69, 9.17) is 9.84 Å². The third kappa shape index (κ3) is 4.03. The summed E-state index contributed by atoms with van der Waals surface area (Å²) >= 11 is 0. The molecule has 2 rings (SSSR count). The highest BCUT2D eigenvalue weighted by atomic mass is 16.5. The zero-order valence-corrected chi connectivity index (χ0v) is 11.2. The van der Waals surface area contributed by atoms with Crippen LogP contribution in [0.1, 0.15) is 12.0 Å². The summed E-state index contributed by atoms with van der Waals surface area (Å²) in [6.45, 7) is 1.25. The summed E-state index contributed by atoms with van der Waals surface area (Å²) in [7, 11) is 0. The van der Waals surface area contributed by atoms with E-state index in [1.165, 1.54) is 0 Å². The summed E-state index contributed by atoms with van der Waals surface area (Å²) in [5.74, 6) is -1.58. The van der Waals surface area contributed by atoms with Crippen molar-refractivity contribution < 1.29 is 19.4 Å². The number of carbonyl (C=O) groups is 2. The molecule has 1 fully saturated rings. The Morgan fingerprint density at radius 2 is 2.15 bits per heavy atom. The molecule has 2 heterocycles. The molecule has 0 bridgehead atoms. The van der Waals surface area contributed by atoms with E-state index in [1.54, 1.807) is 17.3 Å². The van der Waals surface area contributed by atoms with Crippen molar-refractivity contribution in [1.29, 1.82) is 0 Å². The molecule has 1 aliphatic heterocycles. The van der Waals surface area contributed by atoms with Crippen LogP contribution in [0.15, 0.2) is 24.5 Å². The maximum absolute atomic E-state index is 12.2. The van der Waals surface area contributed by atoms with Gasteiger partial charge in [0.1, 0.15) is 0 Å². The van der Waals surface area contributed by atoms with E-state index in [0.717, 1.165) is 5.56 Å². The second-order valence-corrected chi connectivity index (χ2v) is 4.81. The van der Waals surface area contributed by atoms with Gasteiger partial charge in [0.2, 0.25) is 5.91 Å². The molecule has 1 saturated heterocycles. The molecule has 1 atom stereocenters. The molecule has 108 valence electrons. The van der Waals surface area contributed by atoms with Crippen LogP contribution in [0.3, 0.4) is 0 Å². The minimum absolute atomic E-state index is 0.0291. The maximum atomic E-state index is 12.2. The van der Waals surface area contributed by atoms with Gasteiger partial charge in [0.05, 0.1) is 19.1 Å². The van der Waals surface area contributed by atoms with Crippen molar-refractivity contribution in [2.45, 2.75) is 12.8 Å². The van der Waals surface area contributed by atoms with Crippen LogP contribution in [0.25, 0.3) is 0 Å². The zero-order chi connectivity index (χ0) is 14.4. The number of nitrogens with zero attached hydrogens (tertiary/aromatic N) is 2. The Labute approximate surface area is 117 Å². The number of carboxylic acid groups (broad SMARTS) is 1.